The van der Waals surface area contributed by atoms with Crippen LogP contribution in [0.15, 0.2) is 0 Å². The normalized spacial score (nSPS) is 13.3. The van der Waals surface area contributed by atoms with Crippen LogP contribution in [0.25, 0.3) is 0 Å². The quantitative estimate of drug-likeness (QED) is 0.613. The molecule has 0 fully saturated rings. The van der Waals surface area contributed by atoms with E-state index in [0.717, 1.165) is 0 Å². The van der Waals surface area contributed by atoms with E-state index in [9.17, 15) is 0 Å². The number of hydrogen-bond acceptors (Lipinski definition) is 1. The second kappa shape index (κ2) is 4.25. The SMILES string of the molecule is CCCC[Si](C)(C)[SiH2]N. The molecule has 0 atom stereocenters. The highest BCUT2D eigenvalue weighted by Gasteiger charge is 2.16. The summed E-state index contributed by atoms with van der Waals surface area (Å²) in [5.74, 6) is 0. The lowest BCUT2D eigenvalue weighted by atomic mass is 10.4. The Balaban J connectivity index is 3.33. The molecule has 0 saturated heterocycles. The summed E-state index contributed by atoms with van der Waals surface area (Å²) in [5.41, 5.74) is 0. The van der Waals surface area contributed by atoms with Crippen LogP contribution < -0.4 is 5.40 Å². The minimum atomic E-state index is -0.782. The van der Waals surface area contributed by atoms with Crippen LogP contribution in [0.4, 0.5) is 0 Å². The van der Waals surface area contributed by atoms with Crippen LogP contribution in [0, 0.1) is 0 Å². The van der Waals surface area contributed by atoms with Gasteiger partial charge in [-0.2, -0.15) is 0 Å². The van der Waals surface area contributed by atoms with Crippen molar-refractivity contribution in [3.8, 4) is 0 Å². The smallest absolute Gasteiger partial charge is 0.0800 e. The molecule has 0 aliphatic rings. The number of rotatable bonds is 4. The average molecular weight is 161 g/mol. The van der Waals surface area contributed by atoms with Crippen LogP contribution in [0.1, 0.15) is 19.8 Å². The highest BCUT2D eigenvalue weighted by molar-refractivity contribution is 7.22. The van der Waals surface area contributed by atoms with E-state index in [-0.39, 0.29) is 9.20 Å². The van der Waals surface area contributed by atoms with Crippen molar-refractivity contribution in [2.24, 2.45) is 5.40 Å². The molecule has 0 aromatic heterocycles. The third-order valence-corrected chi connectivity index (χ3v) is 8.95. The molecule has 0 radical (unpaired) electrons. The maximum atomic E-state index is 5.75. The molecule has 56 valence electrons. The summed E-state index contributed by atoms with van der Waals surface area (Å²) < 4.78 is 0. The van der Waals surface area contributed by atoms with Gasteiger partial charge in [0, 0.05) is 0 Å². The van der Waals surface area contributed by atoms with Crippen molar-refractivity contribution in [2.45, 2.75) is 38.9 Å². The van der Waals surface area contributed by atoms with E-state index in [1.54, 1.807) is 0 Å². The van der Waals surface area contributed by atoms with Crippen molar-refractivity contribution in [3.05, 3.63) is 0 Å². The molecule has 0 saturated carbocycles. The lowest BCUT2D eigenvalue weighted by Crippen LogP contribution is -2.39. The molecule has 0 amide bonds. The first-order valence-electron chi connectivity index (χ1n) is 3.82. The molecule has 0 heterocycles. The summed E-state index contributed by atoms with van der Waals surface area (Å²) in [6.45, 7) is 7.10. The van der Waals surface area contributed by atoms with Crippen LogP contribution in [-0.4, -0.2) is 16.8 Å². The first-order valence-corrected chi connectivity index (χ1v) is 10.2. The Labute approximate surface area is 61.7 Å². The Morgan fingerprint density at radius 2 is 2.00 bits per heavy atom. The van der Waals surface area contributed by atoms with Gasteiger partial charge in [-0.15, -0.1) is 0 Å². The molecule has 1 nitrogen and oxygen atoms in total. The fraction of sp³-hybridized carbons (Fsp3) is 1.00. The summed E-state index contributed by atoms with van der Waals surface area (Å²) in [6.07, 6.45) is 2.74. The van der Waals surface area contributed by atoms with Gasteiger partial charge in [0.1, 0.15) is 0 Å². The summed E-state index contributed by atoms with van der Waals surface area (Å²) in [6, 6.07) is 1.46. The standard InChI is InChI=1S/C6H19NSi2/c1-4-5-6-9(2,3)8-7/h4-8H2,1-3H3. The van der Waals surface area contributed by atoms with Crippen molar-refractivity contribution in [2.75, 3.05) is 0 Å². The van der Waals surface area contributed by atoms with E-state index in [2.05, 4.69) is 20.0 Å². The van der Waals surface area contributed by atoms with E-state index in [4.69, 9.17) is 5.40 Å². The first-order chi connectivity index (χ1) is 4.12. The molecule has 0 rings (SSSR count). The maximum Gasteiger partial charge on any atom is 0.0800 e. The third-order valence-electron chi connectivity index (χ3n) is 1.76. The van der Waals surface area contributed by atoms with Crippen molar-refractivity contribution in [1.29, 1.82) is 0 Å². The molecule has 0 aromatic rings. The van der Waals surface area contributed by atoms with E-state index in [0.29, 0.717) is 0 Å². The zero-order valence-corrected chi connectivity index (χ0v) is 9.32. The first kappa shape index (κ1) is 9.39. The zero-order chi connectivity index (χ0) is 7.33. The van der Waals surface area contributed by atoms with E-state index in [1.807, 2.05) is 0 Å². The Bertz CT molecular complexity index is 73.5. The average Bonchev–Trinajstić information content (AvgIpc) is 1.84. The highest BCUT2D eigenvalue weighted by atomic mass is 29.2. The van der Waals surface area contributed by atoms with Gasteiger partial charge in [0.25, 0.3) is 0 Å². The van der Waals surface area contributed by atoms with E-state index >= 15 is 0 Å². The lowest BCUT2D eigenvalue weighted by molar-refractivity contribution is 0.872. The Morgan fingerprint density at radius 1 is 1.44 bits per heavy atom. The fourth-order valence-corrected chi connectivity index (χ4v) is 3.63. The van der Waals surface area contributed by atoms with Gasteiger partial charge in [0.15, 0.2) is 0 Å². The number of hydrogen-bond donors (Lipinski definition) is 1. The fourth-order valence-electron chi connectivity index (χ4n) is 0.757. The summed E-state index contributed by atoms with van der Waals surface area (Å²) in [5, 5.41) is 5.75. The van der Waals surface area contributed by atoms with Crippen LogP contribution in [-0.2, 0) is 0 Å². The summed E-state index contributed by atoms with van der Waals surface area (Å²) in [4.78, 5) is 0. The zero-order valence-electron chi connectivity index (χ0n) is 6.91. The summed E-state index contributed by atoms with van der Waals surface area (Å²) >= 11 is 0. The molecular formula is C6H19NSi2. The Hall–Kier alpha value is 0.394. The van der Waals surface area contributed by atoms with Gasteiger partial charge in [-0.3, -0.25) is 0 Å². The van der Waals surface area contributed by atoms with Crippen molar-refractivity contribution < 1.29 is 0 Å². The number of unbranched alkanes of at least 4 members (excludes halogenated alkanes) is 1. The molecule has 2 N–H and O–H groups in total. The third kappa shape index (κ3) is 4.87. The lowest BCUT2D eigenvalue weighted by Gasteiger charge is -2.17. The number of nitrogens with two attached hydrogens (primary N) is 1. The minimum Gasteiger partial charge on any atom is -0.357 e. The van der Waals surface area contributed by atoms with Gasteiger partial charge in [-0.25, -0.2) is 0 Å². The van der Waals surface area contributed by atoms with E-state index in [1.165, 1.54) is 18.9 Å². The van der Waals surface area contributed by atoms with Crippen LogP contribution in [0.2, 0.25) is 19.1 Å². The molecule has 0 unspecified atom stereocenters. The van der Waals surface area contributed by atoms with Crippen LogP contribution >= 0.6 is 0 Å². The molecule has 0 aliphatic carbocycles. The van der Waals surface area contributed by atoms with Crippen LogP contribution in [0.5, 0.6) is 0 Å². The second-order valence-corrected chi connectivity index (χ2v) is 15.7. The van der Waals surface area contributed by atoms with Crippen molar-refractivity contribution >= 4 is 16.8 Å². The predicted octanol–water partition coefficient (Wildman–Crippen LogP) is 1.03. The molecule has 3 heteroatoms. The van der Waals surface area contributed by atoms with E-state index < -0.39 is 7.59 Å². The monoisotopic (exact) mass is 161 g/mol. The largest absolute Gasteiger partial charge is 0.357 e. The van der Waals surface area contributed by atoms with Crippen molar-refractivity contribution in [1.82, 2.24) is 0 Å². The molecule has 0 bridgehead atoms. The topological polar surface area (TPSA) is 26.0 Å². The Morgan fingerprint density at radius 3 is 2.33 bits per heavy atom. The maximum absolute atomic E-state index is 5.75. The second-order valence-electron chi connectivity index (χ2n) is 3.47. The molecule has 0 spiro atoms. The van der Waals surface area contributed by atoms with Crippen LogP contribution in [0.3, 0.4) is 0 Å². The van der Waals surface area contributed by atoms with Crippen molar-refractivity contribution in [3.63, 3.8) is 0 Å². The van der Waals surface area contributed by atoms with Gasteiger partial charge in [0.2, 0.25) is 0 Å². The van der Waals surface area contributed by atoms with Gasteiger partial charge in [0.05, 0.1) is 16.8 Å². The molecule has 0 aromatic carbocycles. The Kier molecular flexibility index (Phi) is 4.43. The minimum absolute atomic E-state index is 0.140. The summed E-state index contributed by atoms with van der Waals surface area (Å²) in [7, 11) is -0.921. The predicted molar refractivity (Wildman–Crippen MR) is 49.9 cm³/mol. The molecule has 9 heavy (non-hydrogen) atoms. The molecular weight excluding hydrogens is 142 g/mol. The highest BCUT2D eigenvalue weighted by Crippen LogP contribution is 2.09. The van der Waals surface area contributed by atoms with Gasteiger partial charge in [-0.05, 0) is 0 Å². The van der Waals surface area contributed by atoms with Gasteiger partial charge >= 0.3 is 0 Å². The van der Waals surface area contributed by atoms with Gasteiger partial charge in [-0.1, -0.05) is 38.9 Å². The molecule has 0 aliphatic heterocycles. The van der Waals surface area contributed by atoms with Gasteiger partial charge < -0.3 is 5.40 Å².